The Balaban J connectivity index is 2.18. The molecule has 2 aromatic carbocycles. The van der Waals surface area contributed by atoms with Crippen molar-refractivity contribution in [3.05, 3.63) is 63.9 Å². The van der Waals surface area contributed by atoms with Crippen LogP contribution in [0.2, 0.25) is 0 Å². The Morgan fingerprint density at radius 2 is 1.90 bits per heavy atom. The lowest BCUT2D eigenvalue weighted by Gasteiger charge is -2.21. The molecule has 2 aromatic rings. The Bertz CT molecular complexity index is 628. The highest BCUT2D eigenvalue weighted by molar-refractivity contribution is 9.10. The van der Waals surface area contributed by atoms with Crippen LogP contribution in [-0.2, 0) is 6.54 Å². The third kappa shape index (κ3) is 3.36. The molecule has 0 heterocycles. The Kier molecular flexibility index (Phi) is 4.39. The van der Waals surface area contributed by atoms with Gasteiger partial charge in [0.05, 0.1) is 11.3 Å². The third-order valence-corrected chi connectivity index (χ3v) is 3.57. The van der Waals surface area contributed by atoms with Crippen molar-refractivity contribution < 1.29 is 14.3 Å². The number of carbonyl (C=O) groups is 1. The number of halogens is 2. The van der Waals surface area contributed by atoms with Crippen LogP contribution >= 0.6 is 15.9 Å². The number of rotatable bonds is 4. The average molecular weight is 338 g/mol. The molecule has 0 saturated heterocycles. The lowest BCUT2D eigenvalue weighted by molar-refractivity contribution is 0.0697. The number of nitrogens with zero attached hydrogens (tertiary/aromatic N) is 1. The standard InChI is InChI=1S/C15H13BrFNO2/c1-18(9-10-2-5-12(17)6-3-10)14-7-4-11(15(19)20)8-13(14)16/h2-8H,9H2,1H3,(H,19,20). The number of benzene rings is 2. The quantitative estimate of drug-likeness (QED) is 0.919. The minimum absolute atomic E-state index is 0.232. The zero-order chi connectivity index (χ0) is 14.7. The lowest BCUT2D eigenvalue weighted by atomic mass is 10.1. The summed E-state index contributed by atoms with van der Waals surface area (Å²) in [6, 6.07) is 11.2. The first-order valence-corrected chi connectivity index (χ1v) is 6.75. The lowest BCUT2D eigenvalue weighted by Crippen LogP contribution is -2.17. The second-order valence-corrected chi connectivity index (χ2v) is 5.31. The molecule has 20 heavy (non-hydrogen) atoms. The van der Waals surface area contributed by atoms with Gasteiger partial charge in [-0.15, -0.1) is 0 Å². The van der Waals surface area contributed by atoms with Crippen molar-refractivity contribution in [1.82, 2.24) is 0 Å². The highest BCUT2D eigenvalue weighted by Crippen LogP contribution is 2.27. The Labute approximate surface area is 124 Å². The minimum atomic E-state index is -0.960. The smallest absolute Gasteiger partial charge is 0.335 e. The minimum Gasteiger partial charge on any atom is -0.478 e. The van der Waals surface area contributed by atoms with Crippen molar-refractivity contribution in [3.8, 4) is 0 Å². The SMILES string of the molecule is CN(Cc1ccc(F)cc1)c1ccc(C(=O)O)cc1Br. The highest BCUT2D eigenvalue weighted by atomic mass is 79.9. The summed E-state index contributed by atoms with van der Waals surface area (Å²) in [5.74, 6) is -1.22. The molecule has 0 radical (unpaired) electrons. The summed E-state index contributed by atoms with van der Waals surface area (Å²) < 4.78 is 13.6. The van der Waals surface area contributed by atoms with Crippen LogP contribution < -0.4 is 4.90 Å². The maximum Gasteiger partial charge on any atom is 0.335 e. The van der Waals surface area contributed by atoms with Crippen molar-refractivity contribution in [1.29, 1.82) is 0 Å². The topological polar surface area (TPSA) is 40.5 Å². The van der Waals surface area contributed by atoms with Gasteiger partial charge in [0.2, 0.25) is 0 Å². The second-order valence-electron chi connectivity index (χ2n) is 4.45. The summed E-state index contributed by atoms with van der Waals surface area (Å²) in [6.07, 6.45) is 0. The first-order valence-electron chi connectivity index (χ1n) is 5.96. The van der Waals surface area contributed by atoms with E-state index < -0.39 is 5.97 Å². The number of hydrogen-bond acceptors (Lipinski definition) is 2. The molecule has 0 bridgehead atoms. The van der Waals surface area contributed by atoms with Gasteiger partial charge in [-0.05, 0) is 51.8 Å². The summed E-state index contributed by atoms with van der Waals surface area (Å²) in [4.78, 5) is 12.8. The van der Waals surface area contributed by atoms with Crippen molar-refractivity contribution in [2.75, 3.05) is 11.9 Å². The first kappa shape index (κ1) is 14.5. The zero-order valence-corrected chi connectivity index (χ0v) is 12.4. The van der Waals surface area contributed by atoms with Crippen molar-refractivity contribution in [2.45, 2.75) is 6.54 Å². The van der Waals surface area contributed by atoms with Gasteiger partial charge in [0.15, 0.2) is 0 Å². The van der Waals surface area contributed by atoms with E-state index in [1.807, 2.05) is 11.9 Å². The summed E-state index contributed by atoms with van der Waals surface area (Å²) >= 11 is 3.38. The van der Waals surface area contributed by atoms with Gasteiger partial charge in [0.1, 0.15) is 5.82 Å². The Hall–Kier alpha value is -1.88. The Morgan fingerprint density at radius 1 is 1.25 bits per heavy atom. The molecule has 0 aliphatic carbocycles. The maximum absolute atomic E-state index is 12.9. The Morgan fingerprint density at radius 3 is 2.45 bits per heavy atom. The number of carboxylic acid groups (broad SMARTS) is 1. The monoisotopic (exact) mass is 337 g/mol. The molecule has 104 valence electrons. The molecule has 5 heteroatoms. The summed E-state index contributed by atoms with van der Waals surface area (Å²) in [5, 5.41) is 8.93. The van der Waals surface area contributed by atoms with Gasteiger partial charge >= 0.3 is 5.97 Å². The summed E-state index contributed by atoms with van der Waals surface area (Å²) in [6.45, 7) is 0.602. The van der Waals surface area contributed by atoms with Crippen LogP contribution in [0.3, 0.4) is 0 Å². The summed E-state index contributed by atoms with van der Waals surface area (Å²) in [5.41, 5.74) is 2.08. The average Bonchev–Trinajstić information content (AvgIpc) is 2.41. The number of carboxylic acids is 1. The van der Waals surface area contributed by atoms with Gasteiger partial charge in [-0.3, -0.25) is 0 Å². The van der Waals surface area contributed by atoms with Gasteiger partial charge in [-0.25, -0.2) is 9.18 Å². The van der Waals surface area contributed by atoms with E-state index in [2.05, 4.69) is 15.9 Å². The van der Waals surface area contributed by atoms with Gasteiger partial charge in [0.25, 0.3) is 0 Å². The van der Waals surface area contributed by atoms with Crippen LogP contribution in [0.1, 0.15) is 15.9 Å². The molecule has 0 aromatic heterocycles. The molecule has 0 atom stereocenters. The zero-order valence-electron chi connectivity index (χ0n) is 10.8. The van der Waals surface area contributed by atoms with E-state index >= 15 is 0 Å². The van der Waals surface area contributed by atoms with Crippen LogP contribution in [0.4, 0.5) is 10.1 Å². The van der Waals surface area contributed by atoms with Gasteiger partial charge in [-0.2, -0.15) is 0 Å². The molecule has 2 rings (SSSR count). The molecule has 0 saturated carbocycles. The highest BCUT2D eigenvalue weighted by Gasteiger charge is 2.10. The normalized spacial score (nSPS) is 10.3. The molecular formula is C15H13BrFNO2. The van der Waals surface area contributed by atoms with E-state index in [1.165, 1.54) is 12.1 Å². The fourth-order valence-corrected chi connectivity index (χ4v) is 2.58. The maximum atomic E-state index is 12.9. The molecule has 0 aliphatic heterocycles. The van der Waals surface area contributed by atoms with E-state index in [9.17, 15) is 9.18 Å². The second kappa shape index (κ2) is 6.05. The van der Waals surface area contributed by atoms with Crippen molar-refractivity contribution >= 4 is 27.6 Å². The van der Waals surface area contributed by atoms with Gasteiger partial charge in [-0.1, -0.05) is 12.1 Å². The molecule has 0 spiro atoms. The number of hydrogen-bond donors (Lipinski definition) is 1. The third-order valence-electron chi connectivity index (χ3n) is 2.94. The molecule has 0 fully saturated rings. The molecule has 0 unspecified atom stereocenters. The van der Waals surface area contributed by atoms with Crippen LogP contribution in [0.25, 0.3) is 0 Å². The van der Waals surface area contributed by atoms with Crippen molar-refractivity contribution in [3.63, 3.8) is 0 Å². The molecular weight excluding hydrogens is 325 g/mol. The predicted molar refractivity (Wildman–Crippen MR) is 79.6 cm³/mol. The molecule has 3 nitrogen and oxygen atoms in total. The van der Waals surface area contributed by atoms with Crippen LogP contribution in [0.5, 0.6) is 0 Å². The molecule has 0 amide bonds. The van der Waals surface area contributed by atoms with Gasteiger partial charge in [0, 0.05) is 18.1 Å². The van der Waals surface area contributed by atoms with E-state index in [1.54, 1.807) is 30.3 Å². The first-order chi connectivity index (χ1) is 9.47. The van der Waals surface area contributed by atoms with E-state index in [-0.39, 0.29) is 11.4 Å². The molecule has 0 aliphatic rings. The largest absolute Gasteiger partial charge is 0.478 e. The number of anilines is 1. The van der Waals surface area contributed by atoms with Crippen LogP contribution in [0, 0.1) is 5.82 Å². The number of aromatic carboxylic acids is 1. The summed E-state index contributed by atoms with van der Waals surface area (Å²) in [7, 11) is 1.89. The van der Waals surface area contributed by atoms with E-state index in [0.717, 1.165) is 11.3 Å². The fraction of sp³-hybridized carbons (Fsp3) is 0.133. The molecule has 1 N–H and O–H groups in total. The van der Waals surface area contributed by atoms with Crippen LogP contribution in [-0.4, -0.2) is 18.1 Å². The predicted octanol–water partition coefficient (Wildman–Crippen LogP) is 3.92. The fourth-order valence-electron chi connectivity index (χ4n) is 1.90. The van der Waals surface area contributed by atoms with E-state index in [4.69, 9.17) is 5.11 Å². The van der Waals surface area contributed by atoms with Crippen molar-refractivity contribution in [2.24, 2.45) is 0 Å². The van der Waals surface area contributed by atoms with Crippen LogP contribution in [0.15, 0.2) is 46.9 Å². The van der Waals surface area contributed by atoms with Gasteiger partial charge < -0.3 is 10.0 Å². The van der Waals surface area contributed by atoms with E-state index in [0.29, 0.717) is 11.0 Å².